The molecule has 5 atom stereocenters. The first kappa shape index (κ1) is 38.9. The third kappa shape index (κ3) is 8.72. The van der Waals surface area contributed by atoms with Crippen molar-refractivity contribution >= 4 is 39.8 Å². The quantitative estimate of drug-likeness (QED) is 0.305. The molecule has 7 rings (SSSR count). The number of hydrogen-bond acceptors (Lipinski definition) is 9. The fourth-order valence-electron chi connectivity index (χ4n) is 8.09. The van der Waals surface area contributed by atoms with Crippen LogP contribution in [0.2, 0.25) is 0 Å². The van der Waals surface area contributed by atoms with Gasteiger partial charge in [0.15, 0.2) is 0 Å². The van der Waals surface area contributed by atoms with Crippen LogP contribution < -0.4 is 10.0 Å². The summed E-state index contributed by atoms with van der Waals surface area (Å²) in [4.78, 5) is 71.2. The number of ether oxygens (including phenoxy) is 2. The third-order valence-electron chi connectivity index (χ3n) is 11.6. The van der Waals surface area contributed by atoms with Crippen LogP contribution in [0.15, 0.2) is 36.1 Å². The molecule has 1 saturated heterocycles. The summed E-state index contributed by atoms with van der Waals surface area (Å²) in [5.74, 6) is -9.13. The lowest BCUT2D eigenvalue weighted by Crippen LogP contribution is -2.57. The van der Waals surface area contributed by atoms with Crippen molar-refractivity contribution in [2.45, 2.75) is 132 Å². The Morgan fingerprint density at radius 1 is 1.00 bits per heavy atom. The van der Waals surface area contributed by atoms with Crippen LogP contribution in [-0.2, 0) is 51.8 Å². The van der Waals surface area contributed by atoms with E-state index in [2.05, 4.69) is 15.8 Å². The molecule has 0 spiro atoms. The highest BCUT2D eigenvalue weighted by atomic mass is 32.2. The molecule has 4 amide bonds. The van der Waals surface area contributed by atoms with Crippen LogP contribution in [0.5, 0.6) is 0 Å². The van der Waals surface area contributed by atoms with E-state index in [1.807, 2.05) is 0 Å². The summed E-state index contributed by atoms with van der Waals surface area (Å²) in [5, 5.41) is 1.95. The minimum Gasteiger partial charge on any atom is -0.462 e. The Bertz CT molecular complexity index is 1910. The Hall–Kier alpha value is -4.37. The lowest BCUT2D eigenvalue weighted by atomic mass is 9.93. The standard InChI is InChI=1S/C38H45F3N4O9S/c39-30-11-6-7-24-20-44(22-29(24)30)36(50)54-27-18-31-33(47)42-38(35(49)43-55(51,52)28-12-13-28)19-25(38)8-2-1-5-15-37(40,41)16-14-23(34(48)45(31)21-27)17-32(46)53-26-9-3-4-10-26/h1,6-8,11,23,25-28,31H,3-5,9-10,12-22H2,(H,42,47)(H,43,49)/t2?,23-,25-,27-,31+,38-/m1/s1. The van der Waals surface area contributed by atoms with Gasteiger partial charge in [-0.15, -0.1) is 5.73 Å². The molecule has 298 valence electrons. The minimum atomic E-state index is -4.02. The molecular weight excluding hydrogens is 745 g/mol. The molecule has 2 N–H and O–H groups in total. The molecule has 0 unspecified atom stereocenters. The number of fused-ring (bicyclic) bond motifs is 3. The summed E-state index contributed by atoms with van der Waals surface area (Å²) in [6.45, 7) is -0.344. The molecule has 1 aromatic carbocycles. The molecule has 0 aromatic heterocycles. The number of amides is 4. The SMILES string of the molecule is O=C(C[C@H]1CCC(F)(F)CCC=C=C[C@@H]2C[C@@]2(C(=O)NS(=O)(=O)C2CC2)NC(=O)[C@@H]2C[C@@H](OC(=O)N3Cc4cccc(F)c4C3)CN2C1=O)OC1CCCC1. The monoisotopic (exact) mass is 790 g/mol. The lowest BCUT2D eigenvalue weighted by Gasteiger charge is -2.30. The van der Waals surface area contributed by atoms with E-state index in [1.54, 1.807) is 6.07 Å². The third-order valence-corrected chi connectivity index (χ3v) is 13.4. The fraction of sp³-hybridized carbons (Fsp3) is 0.632. The topological polar surface area (TPSA) is 168 Å². The Labute approximate surface area is 317 Å². The predicted octanol–water partition coefficient (Wildman–Crippen LogP) is 4.14. The van der Waals surface area contributed by atoms with E-state index < -0.39 is 112 Å². The first-order valence-corrected chi connectivity index (χ1v) is 20.6. The van der Waals surface area contributed by atoms with Crippen molar-refractivity contribution in [2.24, 2.45) is 11.8 Å². The lowest BCUT2D eigenvalue weighted by molar-refractivity contribution is -0.154. The zero-order valence-electron chi connectivity index (χ0n) is 30.3. The highest BCUT2D eigenvalue weighted by Gasteiger charge is 2.62. The maximum atomic E-state index is 15.2. The Morgan fingerprint density at radius 2 is 1.76 bits per heavy atom. The molecule has 17 heteroatoms. The van der Waals surface area contributed by atoms with Crippen LogP contribution in [-0.4, -0.2) is 89.5 Å². The van der Waals surface area contributed by atoms with E-state index in [0.29, 0.717) is 36.8 Å². The largest absolute Gasteiger partial charge is 0.462 e. The number of carbonyl (C=O) groups excluding carboxylic acids is 5. The van der Waals surface area contributed by atoms with Gasteiger partial charge in [0.25, 0.3) is 5.91 Å². The molecule has 3 heterocycles. The number of hydrogen-bond donors (Lipinski definition) is 2. The molecular formula is C38H45F3N4O9S. The van der Waals surface area contributed by atoms with E-state index in [0.717, 1.165) is 17.7 Å². The maximum absolute atomic E-state index is 15.2. The molecule has 0 bridgehead atoms. The van der Waals surface area contributed by atoms with Gasteiger partial charge < -0.3 is 19.7 Å². The fourth-order valence-corrected chi connectivity index (χ4v) is 9.45. The number of rotatable bonds is 7. The van der Waals surface area contributed by atoms with E-state index in [9.17, 15) is 36.8 Å². The van der Waals surface area contributed by atoms with Gasteiger partial charge in [-0.2, -0.15) is 0 Å². The maximum Gasteiger partial charge on any atom is 0.410 e. The Kier molecular flexibility index (Phi) is 10.8. The van der Waals surface area contributed by atoms with Crippen molar-refractivity contribution in [3.05, 3.63) is 53.0 Å². The smallest absolute Gasteiger partial charge is 0.410 e. The predicted molar refractivity (Wildman–Crippen MR) is 188 cm³/mol. The van der Waals surface area contributed by atoms with Gasteiger partial charge in [0.1, 0.15) is 29.6 Å². The second kappa shape index (κ2) is 15.3. The zero-order chi connectivity index (χ0) is 39.1. The van der Waals surface area contributed by atoms with Crippen molar-refractivity contribution in [3.63, 3.8) is 0 Å². The van der Waals surface area contributed by atoms with Gasteiger partial charge in [-0.25, -0.2) is 26.4 Å². The second-order valence-corrected chi connectivity index (χ2v) is 17.7. The van der Waals surface area contributed by atoms with E-state index >= 15 is 8.78 Å². The summed E-state index contributed by atoms with van der Waals surface area (Å²) < 4.78 is 83.9. The average molecular weight is 791 g/mol. The molecule has 3 saturated carbocycles. The summed E-state index contributed by atoms with van der Waals surface area (Å²) in [6.07, 6.45) is 1.72. The van der Waals surface area contributed by atoms with E-state index in [1.165, 1.54) is 29.2 Å². The van der Waals surface area contributed by atoms with Crippen LogP contribution in [0, 0.1) is 17.7 Å². The van der Waals surface area contributed by atoms with Gasteiger partial charge in [0.2, 0.25) is 27.8 Å². The molecule has 6 aliphatic rings. The van der Waals surface area contributed by atoms with Crippen LogP contribution in [0.3, 0.4) is 0 Å². The summed E-state index contributed by atoms with van der Waals surface area (Å²) in [5.41, 5.74) is 1.99. The molecule has 4 fully saturated rings. The normalized spacial score (nSPS) is 29.6. The van der Waals surface area contributed by atoms with E-state index in [4.69, 9.17) is 9.47 Å². The Morgan fingerprint density at radius 3 is 2.49 bits per heavy atom. The van der Waals surface area contributed by atoms with Crippen LogP contribution in [0.25, 0.3) is 0 Å². The number of esters is 1. The first-order chi connectivity index (χ1) is 26.1. The van der Waals surface area contributed by atoms with Gasteiger partial charge in [0.05, 0.1) is 24.8 Å². The first-order valence-electron chi connectivity index (χ1n) is 19.0. The van der Waals surface area contributed by atoms with Gasteiger partial charge in [0, 0.05) is 43.2 Å². The zero-order valence-corrected chi connectivity index (χ0v) is 31.1. The Balaban J connectivity index is 1.16. The van der Waals surface area contributed by atoms with Gasteiger partial charge in [-0.3, -0.25) is 28.8 Å². The second-order valence-electron chi connectivity index (χ2n) is 15.7. The van der Waals surface area contributed by atoms with Crippen molar-refractivity contribution < 1.29 is 55.0 Å². The van der Waals surface area contributed by atoms with Gasteiger partial charge in [-0.1, -0.05) is 12.1 Å². The van der Waals surface area contributed by atoms with Crippen LogP contribution in [0.1, 0.15) is 94.6 Å². The number of alkyl halides is 2. The highest BCUT2D eigenvalue weighted by Crippen LogP contribution is 2.46. The molecule has 3 aliphatic carbocycles. The molecule has 1 aromatic rings. The van der Waals surface area contributed by atoms with E-state index in [-0.39, 0.29) is 45.0 Å². The summed E-state index contributed by atoms with van der Waals surface area (Å²) >= 11 is 0. The van der Waals surface area contributed by atoms with Crippen LogP contribution >= 0.6 is 0 Å². The highest BCUT2D eigenvalue weighted by molar-refractivity contribution is 7.91. The number of nitrogens with zero attached hydrogens (tertiary/aromatic N) is 2. The molecule has 13 nitrogen and oxygen atoms in total. The summed E-state index contributed by atoms with van der Waals surface area (Å²) in [7, 11) is -4.02. The number of nitrogens with one attached hydrogen (secondary N) is 2. The molecule has 3 aliphatic heterocycles. The van der Waals surface area contributed by atoms with Crippen molar-refractivity contribution in [2.75, 3.05) is 6.54 Å². The average Bonchev–Trinajstić information content (AvgIpc) is 3.91. The number of carbonyl (C=O) groups is 5. The van der Waals surface area contributed by atoms with Gasteiger partial charge >= 0.3 is 12.1 Å². The number of halogens is 3. The van der Waals surface area contributed by atoms with Crippen molar-refractivity contribution in [1.29, 1.82) is 0 Å². The summed E-state index contributed by atoms with van der Waals surface area (Å²) in [6, 6.07) is 3.09. The van der Waals surface area contributed by atoms with Gasteiger partial charge in [-0.05, 0) is 81.6 Å². The van der Waals surface area contributed by atoms with Crippen molar-refractivity contribution in [3.8, 4) is 0 Å². The molecule has 0 radical (unpaired) electrons. The number of benzene rings is 1. The minimum absolute atomic E-state index is 0.0252. The van der Waals surface area contributed by atoms with Crippen LogP contribution in [0.4, 0.5) is 18.0 Å². The molecule has 55 heavy (non-hydrogen) atoms. The van der Waals surface area contributed by atoms with Crippen molar-refractivity contribution in [1.82, 2.24) is 19.8 Å². The number of sulfonamides is 1.